The summed E-state index contributed by atoms with van der Waals surface area (Å²) < 4.78 is 58.2. The third-order valence-corrected chi connectivity index (χ3v) is 1.37. The Kier molecular flexibility index (Phi) is 0.501. The van der Waals surface area contributed by atoms with Crippen molar-refractivity contribution >= 4 is 15.9 Å². The number of pyridine rings is 1. The summed E-state index contributed by atoms with van der Waals surface area (Å²) in [6.07, 6.45) is -1.17. The molecule has 0 unspecified atom stereocenters. The minimum Gasteiger partial charge on any atom is -0.263 e. The highest BCUT2D eigenvalue weighted by Crippen LogP contribution is 2.16. The van der Waals surface area contributed by atoms with Crippen LogP contribution in [0.2, 0.25) is 0 Å². The van der Waals surface area contributed by atoms with E-state index in [9.17, 15) is 0 Å². The lowest BCUT2D eigenvalue weighted by atomic mass is 10.2. The maximum Gasteiger partial charge on any atom is 0.0852 e. The van der Waals surface area contributed by atoms with Crippen LogP contribution in [0.15, 0.2) is 16.8 Å². The van der Waals surface area contributed by atoms with Crippen LogP contribution in [0.5, 0.6) is 0 Å². The molecule has 1 heterocycles. The SMILES string of the molecule is [2H]c1nc([2H])c(C([2H])([2H])[2H])c(C([2H])([2H])[2H])c1Br. The van der Waals surface area contributed by atoms with Crippen LogP contribution < -0.4 is 0 Å². The van der Waals surface area contributed by atoms with Gasteiger partial charge in [0.1, 0.15) is 0 Å². The molecule has 1 rings (SSSR count). The molecule has 0 atom stereocenters. The second kappa shape index (κ2) is 2.48. The van der Waals surface area contributed by atoms with Crippen LogP contribution >= 0.6 is 15.9 Å². The predicted octanol–water partition coefficient (Wildman–Crippen LogP) is 2.46. The second-order valence-electron chi connectivity index (χ2n) is 1.40. The molecule has 0 spiro atoms. The van der Waals surface area contributed by atoms with Gasteiger partial charge in [-0.25, -0.2) is 0 Å². The summed E-state index contributed by atoms with van der Waals surface area (Å²) in [6, 6.07) is 0. The van der Waals surface area contributed by atoms with Gasteiger partial charge < -0.3 is 0 Å². The van der Waals surface area contributed by atoms with Gasteiger partial charge in [0.2, 0.25) is 0 Å². The van der Waals surface area contributed by atoms with E-state index in [2.05, 4.69) is 20.9 Å². The van der Waals surface area contributed by atoms with Crippen molar-refractivity contribution in [2.75, 3.05) is 0 Å². The van der Waals surface area contributed by atoms with E-state index >= 15 is 0 Å². The van der Waals surface area contributed by atoms with E-state index < -0.39 is 37.2 Å². The summed E-state index contributed by atoms with van der Waals surface area (Å²) in [5.74, 6) is 0. The third-order valence-electron chi connectivity index (χ3n) is 0.791. The largest absolute Gasteiger partial charge is 0.263 e. The summed E-state index contributed by atoms with van der Waals surface area (Å²) in [7, 11) is 0. The molecule has 0 saturated heterocycles. The Morgan fingerprint density at radius 2 is 2.56 bits per heavy atom. The molecule has 0 aliphatic heterocycles. The third kappa shape index (κ3) is 1.30. The van der Waals surface area contributed by atoms with Gasteiger partial charge in [0.15, 0.2) is 0 Å². The molecule has 0 bridgehead atoms. The molecular weight excluding hydrogens is 178 g/mol. The summed E-state index contributed by atoms with van der Waals surface area (Å²) in [5, 5.41) is 0. The first-order chi connectivity index (χ1) is 7.46. The minimum absolute atomic E-state index is 0.209. The predicted molar refractivity (Wildman–Crippen MR) is 41.4 cm³/mol. The average molecular weight is 194 g/mol. The van der Waals surface area contributed by atoms with Crippen molar-refractivity contribution in [1.29, 1.82) is 0 Å². The zero-order valence-corrected chi connectivity index (χ0v) is 5.91. The van der Waals surface area contributed by atoms with Crippen LogP contribution in [0.4, 0.5) is 0 Å². The molecule has 0 aromatic carbocycles. The molecule has 0 aliphatic carbocycles. The van der Waals surface area contributed by atoms with Gasteiger partial charge in [-0.1, -0.05) is 0 Å². The zero-order valence-electron chi connectivity index (χ0n) is 12.3. The van der Waals surface area contributed by atoms with Crippen LogP contribution in [0.3, 0.4) is 0 Å². The lowest BCUT2D eigenvalue weighted by molar-refractivity contribution is 1.19. The van der Waals surface area contributed by atoms with Crippen LogP contribution in [-0.2, 0) is 0 Å². The molecule has 0 saturated carbocycles. The quantitative estimate of drug-likeness (QED) is 0.618. The fourth-order valence-corrected chi connectivity index (χ4v) is 0.641. The first kappa shape index (κ1) is 1.82. The Hall–Kier alpha value is -0.370. The van der Waals surface area contributed by atoms with E-state index in [-0.39, 0.29) is 4.47 Å². The van der Waals surface area contributed by atoms with Crippen LogP contribution in [-0.4, -0.2) is 4.98 Å². The van der Waals surface area contributed by atoms with E-state index in [1.165, 1.54) is 0 Å². The molecule has 0 amide bonds. The van der Waals surface area contributed by atoms with Gasteiger partial charge in [-0.3, -0.25) is 4.98 Å². The van der Waals surface area contributed by atoms with Gasteiger partial charge in [-0.2, -0.15) is 0 Å². The molecule has 1 nitrogen and oxygen atoms in total. The van der Waals surface area contributed by atoms with Crippen molar-refractivity contribution in [3.05, 3.63) is 27.9 Å². The average Bonchev–Trinajstić information content (AvgIpc) is 2.06. The van der Waals surface area contributed by atoms with Crippen molar-refractivity contribution in [3.63, 3.8) is 0 Å². The van der Waals surface area contributed by atoms with Crippen molar-refractivity contribution in [1.82, 2.24) is 4.98 Å². The Bertz CT molecular complexity index is 449. The Morgan fingerprint density at radius 1 is 1.67 bits per heavy atom. The second-order valence-corrected chi connectivity index (χ2v) is 2.19. The molecule has 0 N–H and O–H groups in total. The first-order valence-electron chi connectivity index (χ1n) is 6.14. The van der Waals surface area contributed by atoms with E-state index in [4.69, 9.17) is 11.0 Å². The van der Waals surface area contributed by atoms with Crippen LogP contribution in [0, 0.1) is 13.7 Å². The normalized spacial score (nSPS) is 25.4. The van der Waals surface area contributed by atoms with Gasteiger partial charge in [0.25, 0.3) is 0 Å². The van der Waals surface area contributed by atoms with E-state index in [1.54, 1.807) is 0 Å². The standard InChI is InChI=1S/C7H8BrN/c1-5-3-9-4-7(8)6(5)2/h3-4H,1-2H3/i1D3,2D3,3D,4D. The topological polar surface area (TPSA) is 12.9 Å². The maximum absolute atomic E-state index is 7.42. The molecule has 0 aliphatic rings. The minimum atomic E-state index is -2.76. The van der Waals surface area contributed by atoms with Gasteiger partial charge in [0.05, 0.1) is 2.74 Å². The highest BCUT2D eigenvalue weighted by molar-refractivity contribution is 9.10. The lowest BCUT2D eigenvalue weighted by Crippen LogP contribution is -1.82. The number of aromatic nitrogens is 1. The van der Waals surface area contributed by atoms with Crippen molar-refractivity contribution in [3.8, 4) is 0 Å². The molecule has 0 fully saturated rings. The van der Waals surface area contributed by atoms with Crippen molar-refractivity contribution < 1.29 is 11.0 Å². The molecule has 0 radical (unpaired) electrons. The summed E-state index contributed by atoms with van der Waals surface area (Å²) >= 11 is 2.85. The smallest absolute Gasteiger partial charge is 0.0852 e. The molecule has 9 heavy (non-hydrogen) atoms. The fourth-order valence-electron chi connectivity index (χ4n) is 0.354. The van der Waals surface area contributed by atoms with Crippen LogP contribution in [0.25, 0.3) is 0 Å². The van der Waals surface area contributed by atoms with Gasteiger partial charge in [-0.05, 0) is 40.8 Å². The molecular formula is C7H8BrN. The number of hydrogen-bond acceptors (Lipinski definition) is 1. The first-order valence-corrected chi connectivity index (χ1v) is 2.93. The van der Waals surface area contributed by atoms with Crippen molar-refractivity contribution in [2.24, 2.45) is 0 Å². The highest BCUT2D eigenvalue weighted by Gasteiger charge is 1.94. The molecule has 2 heteroatoms. The molecule has 48 valence electrons. The Balaban J connectivity index is 3.76. The number of rotatable bonds is 0. The summed E-state index contributed by atoms with van der Waals surface area (Å²) in [5.41, 5.74) is -1.18. The van der Waals surface area contributed by atoms with Gasteiger partial charge >= 0.3 is 0 Å². The number of nitrogens with zero attached hydrogens (tertiary/aromatic N) is 1. The van der Waals surface area contributed by atoms with Gasteiger partial charge in [-0.15, -0.1) is 0 Å². The number of hydrogen-bond donors (Lipinski definition) is 0. The van der Waals surface area contributed by atoms with Crippen LogP contribution in [0.1, 0.15) is 22.1 Å². The lowest BCUT2D eigenvalue weighted by Gasteiger charge is -1.98. The van der Waals surface area contributed by atoms with Crippen molar-refractivity contribution in [2.45, 2.75) is 13.7 Å². The Morgan fingerprint density at radius 3 is 3.22 bits per heavy atom. The van der Waals surface area contributed by atoms with E-state index in [0.29, 0.717) is 0 Å². The summed E-state index contributed by atoms with van der Waals surface area (Å²) in [6.45, 7) is -5.48. The highest BCUT2D eigenvalue weighted by atomic mass is 79.9. The maximum atomic E-state index is 7.42. The summed E-state index contributed by atoms with van der Waals surface area (Å²) in [4.78, 5) is 3.39. The van der Waals surface area contributed by atoms with E-state index in [1.807, 2.05) is 0 Å². The number of halogens is 1. The van der Waals surface area contributed by atoms with E-state index in [0.717, 1.165) is 0 Å². The molecule has 1 aromatic rings. The monoisotopic (exact) mass is 193 g/mol. The zero-order chi connectivity index (χ0) is 13.6. The fraction of sp³-hybridized carbons (Fsp3) is 0.286. The Labute approximate surface area is 74.5 Å². The van der Waals surface area contributed by atoms with Gasteiger partial charge in [0, 0.05) is 25.0 Å². The molecule has 1 aromatic heterocycles.